The maximum absolute atomic E-state index is 12.5. The van der Waals surface area contributed by atoms with Gasteiger partial charge in [0.25, 0.3) is 5.91 Å². The predicted octanol–water partition coefficient (Wildman–Crippen LogP) is -1.49. The summed E-state index contributed by atoms with van der Waals surface area (Å²) in [6, 6.07) is 6.06. The molecule has 1 aliphatic heterocycles. The number of hydrogen-bond donors (Lipinski definition) is 5. The van der Waals surface area contributed by atoms with Gasteiger partial charge >= 0.3 is 0 Å². The lowest BCUT2D eigenvalue weighted by atomic mass is 10.1. The average molecular weight is 460 g/mol. The van der Waals surface area contributed by atoms with Crippen molar-refractivity contribution in [1.29, 1.82) is 0 Å². The van der Waals surface area contributed by atoms with Crippen molar-refractivity contribution in [3.63, 3.8) is 0 Å². The van der Waals surface area contributed by atoms with Crippen molar-refractivity contribution >= 4 is 46.2 Å². The molecule has 0 aliphatic carbocycles. The topological polar surface area (TPSA) is 195 Å². The molecule has 7 N–H and O–H groups in total. The summed E-state index contributed by atoms with van der Waals surface area (Å²) in [6.45, 7) is 0.517. The number of nitrogens with zero attached hydrogens (tertiary/aromatic N) is 3. The second-order valence-corrected chi connectivity index (χ2v) is 7.12. The van der Waals surface area contributed by atoms with Crippen molar-refractivity contribution in [1.82, 2.24) is 21.0 Å². The minimum atomic E-state index is -0.622. The van der Waals surface area contributed by atoms with Gasteiger partial charge in [0.2, 0.25) is 12.3 Å². The number of carbonyl (C=O) groups excluding carboxylic acids is 3. The number of oxime groups is 1. The first-order valence-electron chi connectivity index (χ1n) is 9.23. The fraction of sp³-hybridized carbons (Fsp3) is 0.222. The lowest BCUT2D eigenvalue weighted by Gasteiger charge is -2.26. The van der Waals surface area contributed by atoms with E-state index in [2.05, 4.69) is 31.3 Å². The number of amides is 3. The highest BCUT2D eigenvalue weighted by molar-refractivity contribution is 7.13. The maximum Gasteiger partial charge on any atom is 0.276 e. The van der Waals surface area contributed by atoms with E-state index in [0.29, 0.717) is 24.3 Å². The van der Waals surface area contributed by atoms with Gasteiger partial charge in [0.1, 0.15) is 24.1 Å². The van der Waals surface area contributed by atoms with Gasteiger partial charge in [-0.1, -0.05) is 5.16 Å². The van der Waals surface area contributed by atoms with Gasteiger partial charge in [-0.2, -0.15) is 5.10 Å². The molecule has 0 spiro atoms. The zero-order valence-electron chi connectivity index (χ0n) is 16.6. The number of thiazole rings is 1. The fourth-order valence-corrected chi connectivity index (χ4v) is 2.97. The lowest BCUT2D eigenvalue weighted by molar-refractivity contribution is -0.131. The highest BCUT2D eigenvalue weighted by Crippen LogP contribution is 2.14. The normalized spacial score (nSPS) is 15.9. The van der Waals surface area contributed by atoms with Gasteiger partial charge in [-0.15, -0.1) is 11.3 Å². The lowest BCUT2D eigenvalue weighted by Crippen LogP contribution is -2.62. The number of amidine groups is 1. The number of carbonyl (C=O) groups is 3. The van der Waals surface area contributed by atoms with Crippen molar-refractivity contribution in [3.05, 3.63) is 40.9 Å². The molecular weight excluding hydrogens is 440 g/mol. The number of aromatic nitrogens is 1. The van der Waals surface area contributed by atoms with Crippen molar-refractivity contribution in [3.8, 4) is 5.75 Å². The number of nitrogens with one attached hydrogen (secondary N) is 3. The second-order valence-electron chi connectivity index (χ2n) is 6.23. The minimum Gasteiger partial charge on any atom is -0.490 e. The van der Waals surface area contributed by atoms with Crippen LogP contribution < -0.4 is 32.3 Å². The molecule has 0 bridgehead atoms. The number of ether oxygens (including phenoxy) is 1. The van der Waals surface area contributed by atoms with Crippen LogP contribution in [0.25, 0.3) is 0 Å². The van der Waals surface area contributed by atoms with Gasteiger partial charge in [-0.25, -0.2) is 10.4 Å². The molecule has 1 aliphatic rings. The van der Waals surface area contributed by atoms with Crippen LogP contribution in [0.2, 0.25) is 0 Å². The van der Waals surface area contributed by atoms with E-state index in [1.807, 2.05) is 0 Å². The van der Waals surface area contributed by atoms with E-state index >= 15 is 0 Å². The molecule has 1 fully saturated rings. The van der Waals surface area contributed by atoms with Crippen molar-refractivity contribution in [2.75, 3.05) is 25.5 Å². The molecule has 168 valence electrons. The first-order valence-corrected chi connectivity index (χ1v) is 10.1. The number of anilines is 1. The van der Waals surface area contributed by atoms with E-state index in [1.54, 1.807) is 29.6 Å². The number of hydrogen-bond acceptors (Lipinski definition) is 10. The third-order valence-electron chi connectivity index (χ3n) is 4.07. The van der Waals surface area contributed by atoms with Crippen LogP contribution in [0.15, 0.2) is 39.9 Å². The predicted molar refractivity (Wildman–Crippen MR) is 116 cm³/mol. The summed E-state index contributed by atoms with van der Waals surface area (Å²) in [7, 11) is 0. The Bertz CT molecular complexity index is 1040. The molecule has 2 aromatic rings. The summed E-state index contributed by atoms with van der Waals surface area (Å²) in [5.74, 6) is -0.188. The van der Waals surface area contributed by atoms with Crippen LogP contribution in [0.4, 0.5) is 5.13 Å². The van der Waals surface area contributed by atoms with Crippen LogP contribution in [-0.4, -0.2) is 60.6 Å². The molecule has 3 amide bonds. The monoisotopic (exact) mass is 460 g/mol. The molecule has 2 heterocycles. The Hall–Kier alpha value is -4.20. The molecule has 1 aromatic carbocycles. The van der Waals surface area contributed by atoms with E-state index in [1.165, 1.54) is 0 Å². The van der Waals surface area contributed by atoms with Crippen LogP contribution in [0.1, 0.15) is 11.3 Å². The third kappa shape index (κ3) is 5.91. The summed E-state index contributed by atoms with van der Waals surface area (Å²) in [5.41, 5.74) is 14.2. The number of nitrogen functional groups attached to an aromatic ring is 1. The Morgan fingerprint density at radius 1 is 1.34 bits per heavy atom. The number of benzene rings is 1. The highest BCUT2D eigenvalue weighted by atomic mass is 32.1. The molecule has 1 aromatic heterocycles. The zero-order valence-corrected chi connectivity index (χ0v) is 17.4. The van der Waals surface area contributed by atoms with Crippen LogP contribution >= 0.6 is 11.3 Å². The standard InChI is InChI=1S/C18H20N8O5S/c19-15(25-22-9-27)10-1-3-11(4-2-10)30-5-6-31-26-14(13-8-32-18(20)24-13)17(29)23-12-7-21-16(12)28/h1-4,8-9,12H,5-7H2,(H2,19,25)(H2,20,24)(H,21,28)(H,22,27)(H,23,29)/b26-14-/t12-/m0/s1. The Morgan fingerprint density at radius 2 is 2.12 bits per heavy atom. The smallest absolute Gasteiger partial charge is 0.276 e. The van der Waals surface area contributed by atoms with Gasteiger partial charge in [0.15, 0.2) is 23.3 Å². The molecule has 3 rings (SSSR count). The van der Waals surface area contributed by atoms with Crippen molar-refractivity contribution in [2.24, 2.45) is 16.0 Å². The molecule has 0 radical (unpaired) electrons. The first-order chi connectivity index (χ1) is 15.5. The summed E-state index contributed by atoms with van der Waals surface area (Å²) < 4.78 is 5.55. The van der Waals surface area contributed by atoms with E-state index in [9.17, 15) is 14.4 Å². The van der Waals surface area contributed by atoms with Crippen LogP contribution in [-0.2, 0) is 19.2 Å². The largest absolute Gasteiger partial charge is 0.490 e. The van der Waals surface area contributed by atoms with Gasteiger partial charge in [-0.05, 0) is 24.3 Å². The van der Waals surface area contributed by atoms with E-state index < -0.39 is 11.9 Å². The van der Waals surface area contributed by atoms with Crippen LogP contribution in [0.3, 0.4) is 0 Å². The summed E-state index contributed by atoms with van der Waals surface area (Å²) in [5, 5.41) is 14.4. The molecule has 32 heavy (non-hydrogen) atoms. The minimum absolute atomic E-state index is 0.0366. The van der Waals surface area contributed by atoms with Gasteiger partial charge < -0.3 is 31.7 Å². The Balaban J connectivity index is 1.53. The van der Waals surface area contributed by atoms with E-state index in [4.69, 9.17) is 21.0 Å². The summed E-state index contributed by atoms with van der Waals surface area (Å²) in [6.07, 6.45) is 0.412. The Labute approximate surface area is 185 Å². The Morgan fingerprint density at radius 3 is 2.72 bits per heavy atom. The van der Waals surface area contributed by atoms with Gasteiger partial charge in [0.05, 0.1) is 0 Å². The Kier molecular flexibility index (Phi) is 7.53. The molecule has 0 saturated carbocycles. The quantitative estimate of drug-likeness (QED) is 0.0667. The molecule has 1 saturated heterocycles. The molecule has 1 atom stereocenters. The highest BCUT2D eigenvalue weighted by Gasteiger charge is 2.31. The molecular formula is C18H20N8O5S. The number of nitrogens with two attached hydrogens (primary N) is 2. The maximum atomic E-state index is 12.5. The summed E-state index contributed by atoms with van der Waals surface area (Å²) in [4.78, 5) is 43.4. The summed E-state index contributed by atoms with van der Waals surface area (Å²) >= 11 is 1.15. The fourth-order valence-electron chi connectivity index (χ4n) is 2.42. The number of rotatable bonds is 11. The third-order valence-corrected chi connectivity index (χ3v) is 4.74. The zero-order chi connectivity index (χ0) is 22.9. The average Bonchev–Trinajstić information content (AvgIpc) is 3.23. The van der Waals surface area contributed by atoms with Gasteiger partial charge in [-0.3, -0.25) is 14.4 Å². The van der Waals surface area contributed by atoms with Crippen molar-refractivity contribution in [2.45, 2.75) is 6.04 Å². The molecule has 13 nitrogen and oxygen atoms in total. The van der Waals surface area contributed by atoms with Crippen LogP contribution in [0, 0.1) is 0 Å². The molecule has 0 unspecified atom stereocenters. The van der Waals surface area contributed by atoms with Crippen LogP contribution in [0.5, 0.6) is 5.75 Å². The second kappa shape index (κ2) is 10.7. The van der Waals surface area contributed by atoms with E-state index in [-0.39, 0.29) is 41.5 Å². The first kappa shape index (κ1) is 22.5. The van der Waals surface area contributed by atoms with E-state index in [0.717, 1.165) is 11.3 Å². The SMILES string of the molecule is N/C(=N\NC=O)c1ccc(OCCO/N=C(\C(=O)N[C@H]2CNC2=O)c2csc(N)n2)cc1. The van der Waals surface area contributed by atoms with Crippen molar-refractivity contribution < 1.29 is 24.0 Å². The number of hydrazone groups is 1. The number of β-lactam (4-membered cyclic amide) rings is 1. The molecule has 14 heteroatoms. The van der Waals surface area contributed by atoms with Gasteiger partial charge in [0, 0.05) is 17.5 Å².